The summed E-state index contributed by atoms with van der Waals surface area (Å²) in [7, 11) is 0. The Morgan fingerprint density at radius 1 is 1.56 bits per heavy atom. The van der Waals surface area contributed by atoms with Gasteiger partial charge in [0.05, 0.1) is 11.7 Å². The SMILES string of the molecule is Cc1nc(N)c(C#N)cc1[C@@H](O)CNC(C)(C)C. The molecular formula is C13H20N4O. The lowest BCUT2D eigenvalue weighted by atomic mass is 10.0. The van der Waals surface area contributed by atoms with E-state index in [1.54, 1.807) is 13.0 Å². The van der Waals surface area contributed by atoms with Crippen molar-refractivity contribution in [2.45, 2.75) is 39.3 Å². The van der Waals surface area contributed by atoms with Gasteiger partial charge in [-0.2, -0.15) is 5.26 Å². The number of aryl methyl sites for hydroxylation is 1. The number of rotatable bonds is 3. The highest BCUT2D eigenvalue weighted by atomic mass is 16.3. The van der Waals surface area contributed by atoms with Crippen LogP contribution in [0.4, 0.5) is 5.82 Å². The summed E-state index contributed by atoms with van der Waals surface area (Å²) in [6, 6.07) is 3.57. The second-order valence-electron chi connectivity index (χ2n) is 5.35. The first-order chi connectivity index (χ1) is 8.24. The largest absolute Gasteiger partial charge is 0.387 e. The number of anilines is 1. The van der Waals surface area contributed by atoms with Crippen LogP contribution in [0.3, 0.4) is 0 Å². The molecule has 0 aromatic carbocycles. The molecule has 18 heavy (non-hydrogen) atoms. The van der Waals surface area contributed by atoms with Gasteiger partial charge in [-0.25, -0.2) is 4.98 Å². The second kappa shape index (κ2) is 5.34. The van der Waals surface area contributed by atoms with E-state index in [0.29, 0.717) is 23.4 Å². The second-order valence-corrected chi connectivity index (χ2v) is 5.35. The Labute approximate surface area is 108 Å². The summed E-state index contributed by atoms with van der Waals surface area (Å²) in [4.78, 5) is 4.08. The molecule has 5 nitrogen and oxygen atoms in total. The molecule has 0 aliphatic rings. The third-order valence-corrected chi connectivity index (χ3v) is 2.59. The van der Waals surface area contributed by atoms with Crippen molar-refractivity contribution in [1.82, 2.24) is 10.3 Å². The summed E-state index contributed by atoms with van der Waals surface area (Å²) in [6.45, 7) is 8.24. The van der Waals surface area contributed by atoms with E-state index in [9.17, 15) is 5.11 Å². The molecule has 0 amide bonds. The van der Waals surface area contributed by atoms with E-state index < -0.39 is 6.10 Å². The van der Waals surface area contributed by atoms with Gasteiger partial charge >= 0.3 is 0 Å². The molecule has 0 aliphatic heterocycles. The normalized spacial score (nSPS) is 13.1. The Bertz CT molecular complexity index is 471. The molecular weight excluding hydrogens is 228 g/mol. The number of nitrogen functional groups attached to an aromatic ring is 1. The van der Waals surface area contributed by atoms with Gasteiger partial charge in [0.25, 0.3) is 0 Å². The number of aliphatic hydroxyl groups is 1. The number of hydrogen-bond donors (Lipinski definition) is 3. The van der Waals surface area contributed by atoms with Crippen molar-refractivity contribution in [3.8, 4) is 6.07 Å². The Balaban J connectivity index is 2.93. The van der Waals surface area contributed by atoms with Crippen LogP contribution in [0.1, 0.15) is 43.7 Å². The van der Waals surface area contributed by atoms with E-state index >= 15 is 0 Å². The third-order valence-electron chi connectivity index (χ3n) is 2.59. The lowest BCUT2D eigenvalue weighted by Gasteiger charge is -2.23. The van der Waals surface area contributed by atoms with Crippen molar-refractivity contribution in [3.63, 3.8) is 0 Å². The Morgan fingerprint density at radius 2 is 2.17 bits per heavy atom. The van der Waals surface area contributed by atoms with Crippen LogP contribution in [0.5, 0.6) is 0 Å². The number of β-amino-alcohol motifs (C(OH)–C–C–N with tert-alkyl or cyclic N) is 1. The minimum absolute atomic E-state index is 0.0752. The lowest BCUT2D eigenvalue weighted by Crippen LogP contribution is -2.38. The monoisotopic (exact) mass is 248 g/mol. The zero-order valence-corrected chi connectivity index (χ0v) is 11.3. The zero-order valence-electron chi connectivity index (χ0n) is 11.3. The van der Waals surface area contributed by atoms with Crippen LogP contribution in [-0.2, 0) is 0 Å². The van der Waals surface area contributed by atoms with Crippen LogP contribution in [0, 0.1) is 18.3 Å². The molecule has 1 aromatic heterocycles. The maximum absolute atomic E-state index is 10.1. The van der Waals surface area contributed by atoms with E-state index in [4.69, 9.17) is 11.0 Å². The molecule has 0 aliphatic carbocycles. The van der Waals surface area contributed by atoms with Gasteiger partial charge in [-0.05, 0) is 33.8 Å². The summed E-state index contributed by atoms with van der Waals surface area (Å²) in [5.41, 5.74) is 7.12. The van der Waals surface area contributed by atoms with Crippen LogP contribution in [0.25, 0.3) is 0 Å². The van der Waals surface area contributed by atoms with Gasteiger partial charge in [-0.15, -0.1) is 0 Å². The predicted molar refractivity (Wildman–Crippen MR) is 70.8 cm³/mol. The van der Waals surface area contributed by atoms with Crippen LogP contribution in [0.2, 0.25) is 0 Å². The van der Waals surface area contributed by atoms with Crippen LogP contribution < -0.4 is 11.1 Å². The van der Waals surface area contributed by atoms with E-state index in [1.807, 2.05) is 26.8 Å². The van der Waals surface area contributed by atoms with Crippen molar-refractivity contribution in [2.75, 3.05) is 12.3 Å². The number of nitrogens with zero attached hydrogens (tertiary/aromatic N) is 2. The van der Waals surface area contributed by atoms with E-state index in [-0.39, 0.29) is 11.4 Å². The Morgan fingerprint density at radius 3 is 2.67 bits per heavy atom. The van der Waals surface area contributed by atoms with Gasteiger partial charge < -0.3 is 16.2 Å². The average molecular weight is 248 g/mol. The zero-order chi connectivity index (χ0) is 13.9. The van der Waals surface area contributed by atoms with E-state index in [0.717, 1.165) is 0 Å². The molecule has 4 N–H and O–H groups in total. The van der Waals surface area contributed by atoms with Crippen LogP contribution >= 0.6 is 0 Å². The maximum atomic E-state index is 10.1. The van der Waals surface area contributed by atoms with Crippen molar-refractivity contribution in [3.05, 3.63) is 22.9 Å². The number of aliphatic hydroxyl groups excluding tert-OH is 1. The van der Waals surface area contributed by atoms with Crippen LogP contribution in [-0.4, -0.2) is 22.2 Å². The van der Waals surface area contributed by atoms with Gasteiger partial charge in [0, 0.05) is 23.3 Å². The van der Waals surface area contributed by atoms with Crippen molar-refractivity contribution in [1.29, 1.82) is 5.26 Å². The average Bonchev–Trinajstić information content (AvgIpc) is 2.25. The molecule has 0 radical (unpaired) electrons. The maximum Gasteiger partial charge on any atom is 0.141 e. The molecule has 1 aromatic rings. The Kier molecular flexibility index (Phi) is 4.28. The van der Waals surface area contributed by atoms with Crippen LogP contribution in [0.15, 0.2) is 6.07 Å². The fraction of sp³-hybridized carbons (Fsp3) is 0.538. The lowest BCUT2D eigenvalue weighted by molar-refractivity contribution is 0.162. The summed E-state index contributed by atoms with van der Waals surface area (Å²) >= 11 is 0. The predicted octanol–water partition coefficient (Wildman–Crippen LogP) is 1.27. The highest BCUT2D eigenvalue weighted by Gasteiger charge is 2.17. The molecule has 0 bridgehead atoms. The Hall–Kier alpha value is -1.64. The molecule has 5 heteroatoms. The standard InChI is InChI=1S/C13H20N4O/c1-8-10(5-9(6-14)12(15)17-8)11(18)7-16-13(2,3)4/h5,11,16,18H,7H2,1-4H3,(H2,15,17)/t11-/m0/s1. The van der Waals surface area contributed by atoms with E-state index in [2.05, 4.69) is 10.3 Å². The summed E-state index contributed by atoms with van der Waals surface area (Å²) < 4.78 is 0. The molecule has 0 spiro atoms. The highest BCUT2D eigenvalue weighted by molar-refractivity contribution is 5.51. The molecule has 1 rings (SSSR count). The summed E-state index contributed by atoms with van der Waals surface area (Å²) in [6.07, 6.45) is -0.704. The van der Waals surface area contributed by atoms with Gasteiger partial charge in [-0.1, -0.05) is 0 Å². The molecule has 1 atom stereocenters. The number of hydrogen-bond acceptors (Lipinski definition) is 5. The smallest absolute Gasteiger partial charge is 0.141 e. The summed E-state index contributed by atoms with van der Waals surface area (Å²) in [5.74, 6) is 0.203. The molecule has 0 saturated heterocycles. The summed E-state index contributed by atoms with van der Waals surface area (Å²) in [5, 5.41) is 22.2. The minimum atomic E-state index is -0.704. The van der Waals surface area contributed by atoms with Crippen molar-refractivity contribution >= 4 is 5.82 Å². The fourth-order valence-corrected chi connectivity index (χ4v) is 1.58. The quantitative estimate of drug-likeness (QED) is 0.748. The molecule has 0 unspecified atom stereocenters. The van der Waals surface area contributed by atoms with Gasteiger partial charge in [-0.3, -0.25) is 0 Å². The van der Waals surface area contributed by atoms with Crippen molar-refractivity contribution in [2.24, 2.45) is 0 Å². The number of nitriles is 1. The number of nitrogens with two attached hydrogens (primary N) is 1. The molecule has 1 heterocycles. The first-order valence-corrected chi connectivity index (χ1v) is 5.85. The fourth-order valence-electron chi connectivity index (χ4n) is 1.58. The van der Waals surface area contributed by atoms with Gasteiger partial charge in [0.2, 0.25) is 0 Å². The first-order valence-electron chi connectivity index (χ1n) is 5.85. The number of pyridine rings is 1. The van der Waals surface area contributed by atoms with Gasteiger partial charge in [0.1, 0.15) is 11.9 Å². The molecule has 0 fully saturated rings. The van der Waals surface area contributed by atoms with Gasteiger partial charge in [0.15, 0.2) is 0 Å². The molecule has 0 saturated carbocycles. The third kappa shape index (κ3) is 3.69. The van der Waals surface area contributed by atoms with E-state index in [1.165, 1.54) is 0 Å². The highest BCUT2D eigenvalue weighted by Crippen LogP contribution is 2.20. The minimum Gasteiger partial charge on any atom is -0.387 e. The number of nitrogens with one attached hydrogen (secondary N) is 1. The van der Waals surface area contributed by atoms with Crippen molar-refractivity contribution < 1.29 is 5.11 Å². The topological polar surface area (TPSA) is 95.0 Å². The number of aromatic nitrogens is 1. The molecule has 98 valence electrons. The first kappa shape index (κ1) is 14.4.